The van der Waals surface area contributed by atoms with Gasteiger partial charge < -0.3 is 20.2 Å². The van der Waals surface area contributed by atoms with Crippen molar-refractivity contribution in [3.63, 3.8) is 0 Å². The van der Waals surface area contributed by atoms with Gasteiger partial charge in [-0.15, -0.1) is 13.2 Å². The molecular weight excluding hydrogens is 387 g/mol. The van der Waals surface area contributed by atoms with E-state index in [1.165, 1.54) is 18.2 Å². The van der Waals surface area contributed by atoms with Crippen LogP contribution in [0.15, 0.2) is 48.5 Å². The molecule has 6 nitrogen and oxygen atoms in total. The summed E-state index contributed by atoms with van der Waals surface area (Å²) in [4.78, 5) is 12.4. The lowest BCUT2D eigenvalue weighted by Gasteiger charge is -2.14. The Morgan fingerprint density at radius 2 is 1.93 bits per heavy atom. The van der Waals surface area contributed by atoms with Crippen molar-refractivity contribution < 1.29 is 27.4 Å². The van der Waals surface area contributed by atoms with E-state index in [2.05, 4.69) is 20.9 Å². The number of hydrogen-bond donors (Lipinski definition) is 3. The molecule has 2 aromatic rings. The zero-order chi connectivity index (χ0) is 21.0. The van der Waals surface area contributed by atoms with Crippen molar-refractivity contribution in [1.82, 2.24) is 16.2 Å². The zero-order valence-corrected chi connectivity index (χ0v) is 15.8. The number of hydrazine groups is 1. The second kappa shape index (κ2) is 8.44. The van der Waals surface area contributed by atoms with Crippen molar-refractivity contribution in [2.24, 2.45) is 0 Å². The molecule has 0 saturated heterocycles. The molecule has 0 bridgehead atoms. The summed E-state index contributed by atoms with van der Waals surface area (Å²) in [5, 5.41) is 2.61. The van der Waals surface area contributed by atoms with Crippen LogP contribution in [0.2, 0.25) is 0 Å². The molecule has 9 heteroatoms. The Balaban J connectivity index is 1.68. The van der Waals surface area contributed by atoms with Crippen LogP contribution in [0.25, 0.3) is 5.70 Å². The fraction of sp³-hybridized carbons (Fsp3) is 0.250. The number of carbonyl (C=O) groups excluding carboxylic acids is 1. The van der Waals surface area contributed by atoms with Crippen LogP contribution in [0, 0.1) is 6.92 Å². The van der Waals surface area contributed by atoms with Crippen LogP contribution in [0.1, 0.15) is 21.5 Å². The summed E-state index contributed by atoms with van der Waals surface area (Å²) in [7, 11) is 1.58. The Hall–Kier alpha value is -3.20. The van der Waals surface area contributed by atoms with E-state index < -0.39 is 18.0 Å². The lowest BCUT2D eigenvalue weighted by Crippen LogP contribution is -2.41. The molecule has 1 aliphatic rings. The molecule has 3 N–H and O–H groups in total. The van der Waals surface area contributed by atoms with Gasteiger partial charge in [0.1, 0.15) is 11.5 Å². The summed E-state index contributed by atoms with van der Waals surface area (Å²) in [6, 6.07) is 10.7. The lowest BCUT2D eigenvalue weighted by molar-refractivity contribution is -0.274. The first-order chi connectivity index (χ1) is 13.8. The Bertz CT molecular complexity index is 929. The molecule has 3 rings (SSSR count). The largest absolute Gasteiger partial charge is 0.573 e. The van der Waals surface area contributed by atoms with Gasteiger partial charge in [0.25, 0.3) is 5.91 Å². The van der Waals surface area contributed by atoms with Gasteiger partial charge in [-0.2, -0.15) is 0 Å². The number of carbonyl (C=O) groups is 1. The Kier molecular flexibility index (Phi) is 5.97. The lowest BCUT2D eigenvalue weighted by atomic mass is 10.1. The number of rotatable bonds is 6. The number of amides is 1. The van der Waals surface area contributed by atoms with E-state index in [0.717, 1.165) is 22.9 Å². The summed E-state index contributed by atoms with van der Waals surface area (Å²) in [5.74, 6) is -0.517. The van der Waals surface area contributed by atoms with Crippen molar-refractivity contribution in [1.29, 1.82) is 0 Å². The van der Waals surface area contributed by atoms with Gasteiger partial charge in [0.15, 0.2) is 0 Å². The van der Waals surface area contributed by atoms with Gasteiger partial charge in [0.2, 0.25) is 0 Å². The summed E-state index contributed by atoms with van der Waals surface area (Å²) in [6.45, 7) is 2.12. The topological polar surface area (TPSA) is 71.6 Å². The molecule has 0 aromatic heterocycles. The molecule has 0 spiro atoms. The third kappa shape index (κ3) is 5.20. The Labute approximate surface area is 165 Å². The van der Waals surface area contributed by atoms with Crippen molar-refractivity contribution >= 4 is 11.6 Å². The number of nitrogens with one attached hydrogen (secondary N) is 3. The molecule has 2 aromatic carbocycles. The maximum atomic E-state index is 12.5. The van der Waals surface area contributed by atoms with E-state index >= 15 is 0 Å². The standard InChI is InChI=1S/C20H20F3N3O3/c1-12-7-8-17(28-2)15(9-12)16-10-13(25-26-16)11-24-19(27)14-5-3-4-6-18(14)29-20(21,22)23/h3-10,13,25-26H,11H2,1-2H3,(H,24,27). The Morgan fingerprint density at radius 1 is 1.17 bits per heavy atom. The zero-order valence-electron chi connectivity index (χ0n) is 15.8. The van der Waals surface area contributed by atoms with Gasteiger partial charge in [-0.3, -0.25) is 4.79 Å². The van der Waals surface area contributed by atoms with Crippen LogP contribution in [-0.2, 0) is 0 Å². The predicted molar refractivity (Wildman–Crippen MR) is 101 cm³/mol. The highest BCUT2D eigenvalue weighted by molar-refractivity contribution is 5.97. The van der Waals surface area contributed by atoms with Crippen molar-refractivity contribution in [3.05, 3.63) is 65.2 Å². The van der Waals surface area contributed by atoms with Crippen LogP contribution in [0.5, 0.6) is 11.5 Å². The van der Waals surface area contributed by atoms with E-state index in [9.17, 15) is 18.0 Å². The predicted octanol–water partition coefficient (Wildman–Crippen LogP) is 3.15. The molecule has 0 fully saturated rings. The average Bonchev–Trinajstić information content (AvgIpc) is 3.14. The monoisotopic (exact) mass is 407 g/mol. The van der Waals surface area contributed by atoms with E-state index in [1.54, 1.807) is 7.11 Å². The van der Waals surface area contributed by atoms with E-state index in [1.807, 2.05) is 31.2 Å². The molecule has 1 unspecified atom stereocenters. The normalized spacial score (nSPS) is 16.0. The molecule has 154 valence electrons. The first kappa shape index (κ1) is 20.5. The number of halogens is 3. The number of hydrogen-bond acceptors (Lipinski definition) is 5. The molecule has 1 aliphatic heterocycles. The van der Waals surface area contributed by atoms with Crippen molar-refractivity contribution in [3.8, 4) is 11.5 Å². The van der Waals surface area contributed by atoms with Crippen molar-refractivity contribution in [2.45, 2.75) is 19.3 Å². The van der Waals surface area contributed by atoms with E-state index in [0.29, 0.717) is 5.75 Å². The fourth-order valence-electron chi connectivity index (χ4n) is 2.92. The number of methoxy groups -OCH3 is 1. The smallest absolute Gasteiger partial charge is 0.496 e. The molecule has 29 heavy (non-hydrogen) atoms. The third-order valence-corrected chi connectivity index (χ3v) is 4.25. The van der Waals surface area contributed by atoms with Gasteiger partial charge in [-0.05, 0) is 37.3 Å². The number of alkyl halides is 3. The fourth-order valence-corrected chi connectivity index (χ4v) is 2.92. The highest BCUT2D eigenvalue weighted by Crippen LogP contribution is 2.28. The highest BCUT2D eigenvalue weighted by Gasteiger charge is 2.33. The molecule has 1 heterocycles. The number of benzene rings is 2. The molecular formula is C20H20F3N3O3. The maximum Gasteiger partial charge on any atom is 0.573 e. The van der Waals surface area contributed by atoms with Crippen molar-refractivity contribution in [2.75, 3.05) is 13.7 Å². The second-order valence-corrected chi connectivity index (χ2v) is 6.41. The summed E-state index contributed by atoms with van der Waals surface area (Å²) in [5.41, 5.74) is 8.55. The highest BCUT2D eigenvalue weighted by atomic mass is 19.4. The molecule has 0 aliphatic carbocycles. The number of aryl methyl sites for hydroxylation is 1. The van der Waals surface area contributed by atoms with Crippen LogP contribution in [0.4, 0.5) is 13.2 Å². The van der Waals surface area contributed by atoms with Crippen LogP contribution < -0.4 is 25.6 Å². The maximum absolute atomic E-state index is 12.5. The van der Waals surface area contributed by atoms with Crippen LogP contribution in [0.3, 0.4) is 0 Å². The minimum absolute atomic E-state index is 0.157. The first-order valence-corrected chi connectivity index (χ1v) is 8.78. The van der Waals surface area contributed by atoms with E-state index in [-0.39, 0.29) is 18.2 Å². The van der Waals surface area contributed by atoms with E-state index in [4.69, 9.17) is 4.74 Å². The minimum atomic E-state index is -4.88. The third-order valence-electron chi connectivity index (χ3n) is 4.25. The summed E-state index contributed by atoms with van der Waals surface area (Å²) < 4.78 is 46.9. The Morgan fingerprint density at radius 3 is 2.66 bits per heavy atom. The average molecular weight is 407 g/mol. The van der Waals surface area contributed by atoms with Gasteiger partial charge in [0, 0.05) is 12.1 Å². The summed E-state index contributed by atoms with van der Waals surface area (Å²) in [6.07, 6.45) is -3.01. The molecule has 0 radical (unpaired) electrons. The number of ether oxygens (including phenoxy) is 2. The minimum Gasteiger partial charge on any atom is -0.496 e. The second-order valence-electron chi connectivity index (χ2n) is 6.41. The molecule has 1 amide bonds. The first-order valence-electron chi connectivity index (χ1n) is 8.78. The van der Waals surface area contributed by atoms with Crippen LogP contribution in [-0.4, -0.2) is 32.0 Å². The van der Waals surface area contributed by atoms with Gasteiger partial charge in [-0.1, -0.05) is 23.8 Å². The van der Waals surface area contributed by atoms with Crippen LogP contribution >= 0.6 is 0 Å². The molecule has 0 saturated carbocycles. The summed E-state index contributed by atoms with van der Waals surface area (Å²) >= 11 is 0. The van der Waals surface area contributed by atoms with Gasteiger partial charge in [-0.25, -0.2) is 5.43 Å². The SMILES string of the molecule is COc1ccc(C)cc1C1=CC(CNC(=O)c2ccccc2OC(F)(F)F)NN1. The molecule has 1 atom stereocenters. The quantitative estimate of drug-likeness (QED) is 0.686. The van der Waals surface area contributed by atoms with Gasteiger partial charge in [0.05, 0.1) is 24.4 Å². The number of para-hydroxylation sites is 1. The van der Waals surface area contributed by atoms with Gasteiger partial charge >= 0.3 is 6.36 Å².